The molecule has 2 N–H and O–H groups in total. The number of likely N-dealkylation sites (tertiary alicyclic amines) is 1. The van der Waals surface area contributed by atoms with E-state index < -0.39 is 17.8 Å². The second-order valence-electron chi connectivity index (χ2n) is 10.1. The number of carbonyl (C=O) groups is 1. The van der Waals surface area contributed by atoms with Crippen molar-refractivity contribution in [3.8, 4) is 33.9 Å². The lowest BCUT2D eigenvalue weighted by Gasteiger charge is -2.34. The van der Waals surface area contributed by atoms with E-state index in [1.807, 2.05) is 66.7 Å². The second kappa shape index (κ2) is 11.1. The maximum atomic E-state index is 14.0. The van der Waals surface area contributed by atoms with Gasteiger partial charge in [-0.25, -0.2) is 9.97 Å². The number of para-hydroxylation sites is 1. The van der Waals surface area contributed by atoms with E-state index in [9.17, 15) is 23.1 Å². The first-order valence-corrected chi connectivity index (χ1v) is 13.4. The Balaban J connectivity index is 1.31. The maximum absolute atomic E-state index is 14.0. The van der Waals surface area contributed by atoms with Gasteiger partial charge in [0.2, 0.25) is 5.95 Å². The Labute approximate surface area is 238 Å². The molecule has 0 saturated carbocycles. The number of H-pyrrole nitrogens is 1. The summed E-state index contributed by atoms with van der Waals surface area (Å²) < 4.78 is 48.1. The molecule has 0 aliphatic carbocycles. The van der Waals surface area contributed by atoms with Crippen LogP contribution in [0.5, 0.6) is 11.5 Å². The highest BCUT2D eigenvalue weighted by Gasteiger charge is 2.36. The van der Waals surface area contributed by atoms with Gasteiger partial charge in [0, 0.05) is 48.0 Å². The second-order valence-corrected chi connectivity index (χ2v) is 10.1. The largest absolute Gasteiger partial charge is 0.530 e. The van der Waals surface area contributed by atoms with Crippen molar-refractivity contribution in [2.75, 3.05) is 18.4 Å². The Morgan fingerprint density at radius 1 is 1.02 bits per heavy atom. The summed E-state index contributed by atoms with van der Waals surface area (Å²) >= 11 is 0. The van der Waals surface area contributed by atoms with Crippen LogP contribution in [0.3, 0.4) is 0 Å². The van der Waals surface area contributed by atoms with Crippen LogP contribution in [0.25, 0.3) is 33.3 Å². The number of carboxylic acid groups (broad SMARTS) is 1. The van der Waals surface area contributed by atoms with Crippen LogP contribution < -0.4 is 15.2 Å². The third-order valence-electron chi connectivity index (χ3n) is 7.19. The average molecular weight is 573 g/mol. The summed E-state index contributed by atoms with van der Waals surface area (Å²) in [7, 11) is 0. The van der Waals surface area contributed by atoms with Gasteiger partial charge in [-0.15, -0.1) is 0 Å². The maximum Gasteiger partial charge on any atom is 0.419 e. The number of aromatic amines is 1. The number of nitrogens with one attached hydrogen (secondary N) is 2. The van der Waals surface area contributed by atoms with Crippen molar-refractivity contribution >= 4 is 22.9 Å². The summed E-state index contributed by atoms with van der Waals surface area (Å²) in [6.07, 6.45) is -2.50. The number of anilines is 1. The molecule has 2 aromatic heterocycles. The van der Waals surface area contributed by atoms with Gasteiger partial charge in [-0.1, -0.05) is 42.5 Å². The number of amides is 1. The van der Waals surface area contributed by atoms with E-state index in [0.717, 1.165) is 22.2 Å². The van der Waals surface area contributed by atoms with Crippen LogP contribution in [-0.2, 0) is 6.18 Å². The SMILES string of the molecule is O=C([O-])N1CCC[C@H](Nc2ncc(C(F)(F)F)c(-c3c[nH]c4cc(-c5cccc(Oc6ccccc6)c5)ccc34)n2)C1. The molecule has 3 heterocycles. The van der Waals surface area contributed by atoms with Crippen LogP contribution in [0.4, 0.5) is 23.9 Å². The molecular weight excluding hydrogens is 547 g/mol. The number of hydrogen-bond acceptors (Lipinski definition) is 6. The van der Waals surface area contributed by atoms with Gasteiger partial charge in [0.15, 0.2) is 0 Å². The molecule has 214 valence electrons. The molecule has 1 aliphatic rings. The van der Waals surface area contributed by atoms with Crippen LogP contribution in [0.1, 0.15) is 18.4 Å². The highest BCUT2D eigenvalue weighted by Crippen LogP contribution is 2.39. The smallest absolute Gasteiger partial charge is 0.419 e. The molecule has 1 amide bonds. The van der Waals surface area contributed by atoms with E-state index in [1.165, 1.54) is 6.20 Å². The van der Waals surface area contributed by atoms with Crippen molar-refractivity contribution in [2.24, 2.45) is 0 Å². The predicted molar refractivity (Wildman–Crippen MR) is 150 cm³/mol. The Hall–Kier alpha value is -5.06. The molecule has 6 rings (SSSR count). The third kappa shape index (κ3) is 5.71. The van der Waals surface area contributed by atoms with Crippen LogP contribution in [0.15, 0.2) is 85.2 Å². The minimum absolute atomic E-state index is 0.00982. The minimum Gasteiger partial charge on any atom is -0.530 e. The van der Waals surface area contributed by atoms with Gasteiger partial charge in [-0.2, -0.15) is 13.2 Å². The fourth-order valence-electron chi connectivity index (χ4n) is 5.17. The molecule has 8 nitrogen and oxygen atoms in total. The molecule has 0 spiro atoms. The van der Waals surface area contributed by atoms with Crippen LogP contribution in [0.2, 0.25) is 0 Å². The highest BCUT2D eigenvalue weighted by molar-refractivity contribution is 5.97. The molecule has 0 unspecified atom stereocenters. The van der Waals surface area contributed by atoms with Crippen LogP contribution >= 0.6 is 0 Å². The van der Waals surface area contributed by atoms with E-state index in [1.54, 1.807) is 6.07 Å². The topological polar surface area (TPSA) is 106 Å². The van der Waals surface area contributed by atoms with Gasteiger partial charge in [0.25, 0.3) is 0 Å². The lowest BCUT2D eigenvalue weighted by atomic mass is 10.0. The number of aromatic nitrogens is 3. The summed E-state index contributed by atoms with van der Waals surface area (Å²) in [5.74, 6) is 1.35. The van der Waals surface area contributed by atoms with E-state index >= 15 is 0 Å². The molecule has 1 atom stereocenters. The van der Waals surface area contributed by atoms with Crippen LogP contribution in [-0.4, -0.2) is 45.1 Å². The predicted octanol–water partition coefficient (Wildman–Crippen LogP) is 6.32. The number of piperidine rings is 1. The number of nitrogens with zero attached hydrogens (tertiary/aromatic N) is 3. The van der Waals surface area contributed by atoms with Crippen molar-refractivity contribution in [2.45, 2.75) is 25.1 Å². The van der Waals surface area contributed by atoms with Crippen molar-refractivity contribution in [3.63, 3.8) is 0 Å². The molecule has 0 radical (unpaired) electrons. The molecule has 1 saturated heterocycles. The lowest BCUT2D eigenvalue weighted by molar-refractivity contribution is -0.266. The summed E-state index contributed by atoms with van der Waals surface area (Å²) in [5, 5.41) is 14.8. The summed E-state index contributed by atoms with van der Waals surface area (Å²) in [4.78, 5) is 23.7. The average Bonchev–Trinajstić information content (AvgIpc) is 3.41. The minimum atomic E-state index is -4.69. The first-order valence-electron chi connectivity index (χ1n) is 13.4. The van der Waals surface area contributed by atoms with Crippen molar-refractivity contribution in [3.05, 3.63) is 90.8 Å². The number of alkyl halides is 3. The molecule has 3 aromatic carbocycles. The Morgan fingerprint density at radius 2 is 1.81 bits per heavy atom. The first kappa shape index (κ1) is 27.1. The standard InChI is InChI=1S/C31H26F3N5O3/c32-31(33,34)26-17-36-29(37-21-7-5-13-39(18-21)30(40)41)38-28(26)25-16-35-27-15-20(11-12-24(25)27)19-6-4-10-23(14-19)42-22-8-2-1-3-9-22/h1-4,6,8-12,14-17,21,35H,5,7,13,18H2,(H,40,41)(H,36,37,38)/p-1/t21-/m0/s1. The molecule has 42 heavy (non-hydrogen) atoms. The Kier molecular flexibility index (Phi) is 7.15. The summed E-state index contributed by atoms with van der Waals surface area (Å²) in [6.45, 7) is 0.483. The van der Waals surface area contributed by atoms with E-state index in [0.29, 0.717) is 41.8 Å². The molecule has 0 bridgehead atoms. The molecule has 11 heteroatoms. The quantitative estimate of drug-likeness (QED) is 0.247. The fourth-order valence-corrected chi connectivity index (χ4v) is 5.17. The van der Waals surface area contributed by atoms with Gasteiger partial charge in [-0.3, -0.25) is 0 Å². The fraction of sp³-hybridized carbons (Fsp3) is 0.194. The zero-order valence-corrected chi connectivity index (χ0v) is 22.2. The van der Waals surface area contributed by atoms with E-state index in [-0.39, 0.29) is 29.8 Å². The number of rotatable bonds is 6. The van der Waals surface area contributed by atoms with Crippen LogP contribution in [0, 0.1) is 0 Å². The monoisotopic (exact) mass is 572 g/mol. The van der Waals surface area contributed by atoms with Gasteiger partial charge in [0.1, 0.15) is 23.2 Å². The van der Waals surface area contributed by atoms with Crippen molar-refractivity contribution in [1.29, 1.82) is 0 Å². The molecule has 1 fully saturated rings. The first-order chi connectivity index (χ1) is 20.2. The Bertz CT molecular complexity index is 1740. The molecule has 5 aromatic rings. The zero-order valence-electron chi connectivity index (χ0n) is 22.2. The lowest BCUT2D eigenvalue weighted by Crippen LogP contribution is -2.50. The number of benzene rings is 3. The number of hydrogen-bond donors (Lipinski definition) is 2. The highest BCUT2D eigenvalue weighted by atomic mass is 19.4. The summed E-state index contributed by atoms with van der Waals surface area (Å²) in [5.41, 5.74) is 1.40. The zero-order chi connectivity index (χ0) is 29.3. The summed E-state index contributed by atoms with van der Waals surface area (Å²) in [6, 6.07) is 22.1. The normalized spacial score (nSPS) is 15.5. The van der Waals surface area contributed by atoms with E-state index in [4.69, 9.17) is 4.74 Å². The number of halogens is 3. The van der Waals surface area contributed by atoms with Gasteiger partial charge in [-0.05, 0) is 54.3 Å². The van der Waals surface area contributed by atoms with Gasteiger partial charge < -0.3 is 29.8 Å². The van der Waals surface area contributed by atoms with Gasteiger partial charge >= 0.3 is 6.18 Å². The molecule has 1 aliphatic heterocycles. The van der Waals surface area contributed by atoms with Gasteiger partial charge in [0.05, 0.1) is 5.69 Å². The number of fused-ring (bicyclic) bond motifs is 1. The molecular formula is C31H25F3N5O3-. The van der Waals surface area contributed by atoms with Crippen molar-refractivity contribution in [1.82, 2.24) is 19.9 Å². The number of ether oxygens (including phenoxy) is 1. The third-order valence-corrected chi connectivity index (χ3v) is 7.19. The van der Waals surface area contributed by atoms with Crippen molar-refractivity contribution < 1.29 is 27.8 Å². The van der Waals surface area contributed by atoms with E-state index in [2.05, 4.69) is 20.3 Å². The number of carbonyl (C=O) groups excluding carboxylic acids is 1. The Morgan fingerprint density at radius 3 is 2.60 bits per heavy atom.